The summed E-state index contributed by atoms with van der Waals surface area (Å²) in [6, 6.07) is 3.79. The molecule has 0 aliphatic carbocycles. The van der Waals surface area contributed by atoms with Crippen LogP contribution in [0.25, 0.3) is 5.65 Å². The number of aromatic nitrogens is 6. The van der Waals surface area contributed by atoms with Crippen molar-refractivity contribution in [2.24, 2.45) is 7.05 Å². The highest BCUT2D eigenvalue weighted by molar-refractivity contribution is 7.89. The molecule has 132 valence electrons. The van der Waals surface area contributed by atoms with Crippen LogP contribution in [-0.2, 0) is 17.1 Å². The zero-order valence-electron chi connectivity index (χ0n) is 14.1. The van der Waals surface area contributed by atoms with E-state index in [1.807, 2.05) is 19.1 Å². The smallest absolute Gasteiger partial charge is 0.246 e. The molecule has 25 heavy (non-hydrogen) atoms. The van der Waals surface area contributed by atoms with Crippen LogP contribution in [0.2, 0.25) is 0 Å². The van der Waals surface area contributed by atoms with Crippen molar-refractivity contribution in [3.63, 3.8) is 0 Å². The summed E-state index contributed by atoms with van der Waals surface area (Å²) in [6.07, 6.45) is 4.30. The number of fused-ring (bicyclic) bond motifs is 1. The normalized spacial score (nSPS) is 17.4. The fourth-order valence-corrected chi connectivity index (χ4v) is 4.64. The Morgan fingerprint density at radius 3 is 2.60 bits per heavy atom. The van der Waals surface area contributed by atoms with Gasteiger partial charge in [0, 0.05) is 32.3 Å². The molecular formula is C15H19N7O2S. The summed E-state index contributed by atoms with van der Waals surface area (Å²) in [5, 5.41) is 16.9. The largest absolute Gasteiger partial charge is 0.274 e. The average Bonchev–Trinajstić information content (AvgIpc) is 3.21. The van der Waals surface area contributed by atoms with E-state index in [2.05, 4.69) is 20.4 Å². The predicted octanol–water partition coefficient (Wildman–Crippen LogP) is 0.735. The summed E-state index contributed by atoms with van der Waals surface area (Å²) in [4.78, 5) is 0.235. The highest BCUT2D eigenvalue weighted by Gasteiger charge is 2.32. The number of rotatable bonds is 3. The lowest BCUT2D eigenvalue weighted by molar-refractivity contribution is 0.311. The molecule has 1 aliphatic heterocycles. The topological polar surface area (TPSA) is 98.3 Å². The van der Waals surface area contributed by atoms with Crippen molar-refractivity contribution in [1.82, 2.24) is 33.9 Å². The van der Waals surface area contributed by atoms with Gasteiger partial charge in [0.15, 0.2) is 11.5 Å². The van der Waals surface area contributed by atoms with Gasteiger partial charge >= 0.3 is 0 Å². The minimum absolute atomic E-state index is 0.143. The molecule has 0 aromatic carbocycles. The summed E-state index contributed by atoms with van der Waals surface area (Å²) in [5.74, 6) is 0.946. The standard InChI is InChI=1S/C15H19N7O2S/c1-11-3-4-14-17-18-15(22(14)19-11)12-5-7-21(8-6-12)25(23,24)13-9-16-20(2)10-13/h3-4,9-10,12H,5-8H2,1-2H3. The van der Waals surface area contributed by atoms with Gasteiger partial charge in [-0.1, -0.05) is 0 Å². The molecule has 3 aromatic rings. The van der Waals surface area contributed by atoms with E-state index < -0.39 is 10.0 Å². The molecule has 0 unspecified atom stereocenters. The number of aryl methyl sites for hydroxylation is 2. The Balaban J connectivity index is 1.54. The molecule has 0 atom stereocenters. The molecule has 0 amide bonds. The SMILES string of the molecule is Cc1ccc2nnc(C3CCN(S(=O)(=O)c4cnn(C)c4)CC3)n2n1. The molecule has 1 aliphatic rings. The Hall–Kier alpha value is -2.33. The lowest BCUT2D eigenvalue weighted by Gasteiger charge is -2.29. The van der Waals surface area contributed by atoms with Crippen LogP contribution < -0.4 is 0 Å². The minimum Gasteiger partial charge on any atom is -0.274 e. The van der Waals surface area contributed by atoms with Crippen molar-refractivity contribution in [3.8, 4) is 0 Å². The minimum atomic E-state index is -3.49. The van der Waals surface area contributed by atoms with E-state index in [1.54, 1.807) is 11.6 Å². The van der Waals surface area contributed by atoms with Crippen LogP contribution in [0.3, 0.4) is 0 Å². The molecule has 1 fully saturated rings. The second-order valence-electron chi connectivity index (χ2n) is 6.33. The van der Waals surface area contributed by atoms with Crippen molar-refractivity contribution in [2.45, 2.75) is 30.6 Å². The first-order valence-electron chi connectivity index (χ1n) is 8.13. The van der Waals surface area contributed by atoms with E-state index in [1.165, 1.54) is 21.4 Å². The van der Waals surface area contributed by atoms with Gasteiger partial charge in [-0.3, -0.25) is 4.68 Å². The molecule has 0 saturated carbocycles. The summed E-state index contributed by atoms with van der Waals surface area (Å²) in [5.41, 5.74) is 1.61. The number of nitrogens with zero attached hydrogens (tertiary/aromatic N) is 7. The van der Waals surface area contributed by atoms with E-state index in [9.17, 15) is 8.42 Å². The summed E-state index contributed by atoms with van der Waals surface area (Å²) < 4.78 is 30.1. The van der Waals surface area contributed by atoms with Crippen molar-refractivity contribution < 1.29 is 8.42 Å². The molecule has 0 radical (unpaired) electrons. The Morgan fingerprint density at radius 1 is 1.16 bits per heavy atom. The second kappa shape index (κ2) is 5.88. The third kappa shape index (κ3) is 2.81. The average molecular weight is 361 g/mol. The number of hydrogen-bond donors (Lipinski definition) is 0. The third-order valence-corrected chi connectivity index (χ3v) is 6.41. The molecule has 9 nitrogen and oxygen atoms in total. The molecule has 0 spiro atoms. The number of sulfonamides is 1. The Morgan fingerprint density at radius 2 is 1.92 bits per heavy atom. The van der Waals surface area contributed by atoms with E-state index in [0.29, 0.717) is 31.6 Å². The summed E-state index contributed by atoms with van der Waals surface area (Å²) >= 11 is 0. The van der Waals surface area contributed by atoms with Crippen molar-refractivity contribution in [2.75, 3.05) is 13.1 Å². The van der Waals surface area contributed by atoms with Gasteiger partial charge in [0.05, 0.1) is 11.9 Å². The van der Waals surface area contributed by atoms with Crippen LogP contribution in [0, 0.1) is 6.92 Å². The maximum atomic E-state index is 12.7. The van der Waals surface area contributed by atoms with Crippen molar-refractivity contribution in [3.05, 3.63) is 36.0 Å². The molecule has 0 N–H and O–H groups in total. The monoisotopic (exact) mass is 361 g/mol. The first-order chi connectivity index (χ1) is 11.9. The third-order valence-electron chi connectivity index (χ3n) is 4.56. The van der Waals surface area contributed by atoms with Gasteiger partial charge in [0.1, 0.15) is 4.90 Å². The number of hydrogen-bond acceptors (Lipinski definition) is 6. The predicted molar refractivity (Wildman–Crippen MR) is 89.5 cm³/mol. The van der Waals surface area contributed by atoms with Crippen LogP contribution in [-0.4, -0.2) is 55.4 Å². The zero-order valence-corrected chi connectivity index (χ0v) is 14.9. The van der Waals surface area contributed by atoms with Crippen LogP contribution in [0.5, 0.6) is 0 Å². The van der Waals surface area contributed by atoms with Gasteiger partial charge in [-0.25, -0.2) is 8.42 Å². The molecule has 4 rings (SSSR count). The lowest BCUT2D eigenvalue weighted by atomic mass is 9.97. The molecule has 3 aromatic heterocycles. The van der Waals surface area contributed by atoms with Crippen molar-refractivity contribution in [1.29, 1.82) is 0 Å². The molecule has 4 heterocycles. The Kier molecular flexibility index (Phi) is 3.80. The van der Waals surface area contributed by atoms with Crippen LogP contribution in [0.1, 0.15) is 30.3 Å². The molecule has 0 bridgehead atoms. The van der Waals surface area contributed by atoms with Gasteiger partial charge in [-0.15, -0.1) is 10.2 Å². The van der Waals surface area contributed by atoms with E-state index in [4.69, 9.17) is 0 Å². The second-order valence-corrected chi connectivity index (χ2v) is 8.27. The van der Waals surface area contributed by atoms with Gasteiger partial charge in [0.25, 0.3) is 0 Å². The first kappa shape index (κ1) is 16.2. The fourth-order valence-electron chi connectivity index (χ4n) is 3.19. The van der Waals surface area contributed by atoms with E-state index in [0.717, 1.165) is 11.5 Å². The Labute approximate surface area is 145 Å². The van der Waals surface area contributed by atoms with Gasteiger partial charge < -0.3 is 0 Å². The van der Waals surface area contributed by atoms with Crippen molar-refractivity contribution >= 4 is 15.7 Å². The van der Waals surface area contributed by atoms with Gasteiger partial charge in [-0.2, -0.15) is 19.0 Å². The van der Waals surface area contributed by atoms with Crippen LogP contribution in [0.15, 0.2) is 29.4 Å². The maximum Gasteiger partial charge on any atom is 0.246 e. The van der Waals surface area contributed by atoms with E-state index in [-0.39, 0.29) is 10.8 Å². The molecule has 10 heteroatoms. The zero-order chi connectivity index (χ0) is 17.6. The number of piperidine rings is 1. The maximum absolute atomic E-state index is 12.7. The Bertz CT molecular complexity index is 1020. The molecular weight excluding hydrogens is 342 g/mol. The highest BCUT2D eigenvalue weighted by Crippen LogP contribution is 2.29. The quantitative estimate of drug-likeness (QED) is 0.682. The molecule has 1 saturated heterocycles. The summed E-state index contributed by atoms with van der Waals surface area (Å²) in [7, 11) is -1.79. The van der Waals surface area contributed by atoms with Crippen LogP contribution >= 0.6 is 0 Å². The van der Waals surface area contributed by atoms with E-state index >= 15 is 0 Å². The lowest BCUT2D eigenvalue weighted by Crippen LogP contribution is -2.38. The fraction of sp³-hybridized carbons (Fsp3) is 0.467. The van der Waals surface area contributed by atoms with Gasteiger partial charge in [0.2, 0.25) is 10.0 Å². The summed E-state index contributed by atoms with van der Waals surface area (Å²) in [6.45, 7) is 2.82. The van der Waals surface area contributed by atoms with Gasteiger partial charge in [-0.05, 0) is 31.9 Å². The highest BCUT2D eigenvalue weighted by atomic mass is 32.2. The first-order valence-corrected chi connectivity index (χ1v) is 9.57. The van der Waals surface area contributed by atoms with Crippen LogP contribution in [0.4, 0.5) is 0 Å².